The zero-order valence-electron chi connectivity index (χ0n) is 9.99. The first-order valence-corrected chi connectivity index (χ1v) is 6.60. The maximum absolute atomic E-state index is 11.5. The number of hydrogen-bond donors (Lipinski definition) is 0. The second-order valence-electron chi connectivity index (χ2n) is 3.79. The first-order chi connectivity index (χ1) is 7.72. The number of carbonyl (C=O) groups is 1. The third-order valence-corrected chi connectivity index (χ3v) is 3.03. The molecule has 0 aromatic carbocycles. The van der Waals surface area contributed by atoms with Gasteiger partial charge in [0.15, 0.2) is 0 Å². The Labute approximate surface area is 101 Å². The third-order valence-electron chi connectivity index (χ3n) is 2.21. The molecule has 0 N–H and O–H groups in total. The van der Waals surface area contributed by atoms with E-state index in [1.54, 1.807) is 11.3 Å². The van der Waals surface area contributed by atoms with Crippen molar-refractivity contribution in [3.05, 3.63) is 16.1 Å². The van der Waals surface area contributed by atoms with E-state index in [2.05, 4.69) is 11.9 Å². The Balaban J connectivity index is 2.11. The molecule has 1 rings (SSSR count). The Hall–Kier alpha value is -0.740. The SMILES string of the molecule is CCCCOCCC(=O)Cc1csc(C)n1. The van der Waals surface area contributed by atoms with Crippen molar-refractivity contribution >= 4 is 17.1 Å². The van der Waals surface area contributed by atoms with Crippen LogP contribution in [0.25, 0.3) is 0 Å². The zero-order chi connectivity index (χ0) is 11.8. The van der Waals surface area contributed by atoms with Gasteiger partial charge in [-0.2, -0.15) is 0 Å². The van der Waals surface area contributed by atoms with Crippen molar-refractivity contribution in [2.24, 2.45) is 0 Å². The van der Waals surface area contributed by atoms with Gasteiger partial charge >= 0.3 is 0 Å². The van der Waals surface area contributed by atoms with Gasteiger partial charge < -0.3 is 4.74 Å². The molecule has 1 aromatic rings. The van der Waals surface area contributed by atoms with E-state index < -0.39 is 0 Å². The molecule has 0 radical (unpaired) electrons. The number of Topliss-reactive ketones (excluding diaryl/α,β-unsaturated/α-hetero) is 1. The number of thiazole rings is 1. The average Bonchev–Trinajstić information content (AvgIpc) is 2.63. The van der Waals surface area contributed by atoms with Crippen LogP contribution in [-0.4, -0.2) is 24.0 Å². The lowest BCUT2D eigenvalue weighted by atomic mass is 10.2. The number of aromatic nitrogens is 1. The first kappa shape index (κ1) is 13.3. The molecular formula is C12H19NO2S. The van der Waals surface area contributed by atoms with Crippen molar-refractivity contribution in [2.45, 2.75) is 39.5 Å². The molecule has 0 aliphatic rings. The van der Waals surface area contributed by atoms with Crippen LogP contribution in [0, 0.1) is 6.92 Å². The molecule has 0 aliphatic heterocycles. The van der Waals surface area contributed by atoms with Gasteiger partial charge in [0.05, 0.1) is 17.3 Å². The van der Waals surface area contributed by atoms with Crippen LogP contribution in [0.3, 0.4) is 0 Å². The molecule has 4 heteroatoms. The highest BCUT2D eigenvalue weighted by atomic mass is 32.1. The Bertz CT molecular complexity index is 323. The van der Waals surface area contributed by atoms with Crippen molar-refractivity contribution in [1.82, 2.24) is 4.98 Å². The van der Waals surface area contributed by atoms with E-state index in [-0.39, 0.29) is 5.78 Å². The van der Waals surface area contributed by atoms with Crippen molar-refractivity contribution in [3.8, 4) is 0 Å². The van der Waals surface area contributed by atoms with Gasteiger partial charge in [0.2, 0.25) is 0 Å². The molecule has 0 aliphatic carbocycles. The lowest BCUT2D eigenvalue weighted by Crippen LogP contribution is -2.08. The van der Waals surface area contributed by atoms with Crippen LogP contribution in [0.4, 0.5) is 0 Å². The minimum atomic E-state index is 0.210. The third kappa shape index (κ3) is 5.37. The second kappa shape index (κ2) is 7.52. The molecule has 16 heavy (non-hydrogen) atoms. The van der Waals surface area contributed by atoms with Crippen LogP contribution in [-0.2, 0) is 16.0 Å². The van der Waals surface area contributed by atoms with Crippen LogP contribution >= 0.6 is 11.3 Å². The summed E-state index contributed by atoms with van der Waals surface area (Å²) in [6.45, 7) is 5.38. The van der Waals surface area contributed by atoms with E-state index in [0.29, 0.717) is 19.4 Å². The Morgan fingerprint density at radius 1 is 1.50 bits per heavy atom. The van der Waals surface area contributed by atoms with E-state index >= 15 is 0 Å². The highest BCUT2D eigenvalue weighted by molar-refractivity contribution is 7.09. The number of aryl methyl sites for hydroxylation is 1. The van der Waals surface area contributed by atoms with Crippen molar-refractivity contribution in [1.29, 1.82) is 0 Å². The fourth-order valence-electron chi connectivity index (χ4n) is 1.31. The summed E-state index contributed by atoms with van der Waals surface area (Å²) in [6, 6.07) is 0. The molecule has 3 nitrogen and oxygen atoms in total. The van der Waals surface area contributed by atoms with E-state index in [1.165, 1.54) is 0 Å². The number of unbranched alkanes of at least 4 members (excludes halogenated alkanes) is 1. The molecule has 90 valence electrons. The van der Waals surface area contributed by atoms with Crippen molar-refractivity contribution < 1.29 is 9.53 Å². The summed E-state index contributed by atoms with van der Waals surface area (Å²) in [4.78, 5) is 15.8. The molecule has 0 spiro atoms. The van der Waals surface area contributed by atoms with Gasteiger partial charge in [-0.15, -0.1) is 11.3 Å². The zero-order valence-corrected chi connectivity index (χ0v) is 10.8. The van der Waals surface area contributed by atoms with Gasteiger partial charge in [-0.25, -0.2) is 4.98 Å². The topological polar surface area (TPSA) is 39.2 Å². The van der Waals surface area contributed by atoms with Crippen molar-refractivity contribution in [3.63, 3.8) is 0 Å². The normalized spacial score (nSPS) is 10.6. The molecular weight excluding hydrogens is 222 g/mol. The predicted molar refractivity (Wildman–Crippen MR) is 65.9 cm³/mol. The number of carbonyl (C=O) groups excluding carboxylic acids is 1. The Morgan fingerprint density at radius 3 is 2.94 bits per heavy atom. The number of hydrogen-bond acceptors (Lipinski definition) is 4. The van der Waals surface area contributed by atoms with Crippen molar-refractivity contribution in [2.75, 3.05) is 13.2 Å². The Morgan fingerprint density at radius 2 is 2.31 bits per heavy atom. The first-order valence-electron chi connectivity index (χ1n) is 5.72. The summed E-state index contributed by atoms with van der Waals surface area (Å²) in [5.74, 6) is 0.210. The smallest absolute Gasteiger partial charge is 0.141 e. The molecule has 0 bridgehead atoms. The molecule has 0 unspecified atom stereocenters. The highest BCUT2D eigenvalue weighted by Gasteiger charge is 2.06. The fourth-order valence-corrected chi connectivity index (χ4v) is 1.93. The van der Waals surface area contributed by atoms with E-state index in [9.17, 15) is 4.79 Å². The lowest BCUT2D eigenvalue weighted by molar-refractivity contribution is -0.119. The number of nitrogens with zero attached hydrogens (tertiary/aromatic N) is 1. The summed E-state index contributed by atoms with van der Waals surface area (Å²) in [6.07, 6.45) is 3.15. The molecule has 1 heterocycles. The molecule has 0 atom stereocenters. The summed E-state index contributed by atoms with van der Waals surface area (Å²) < 4.78 is 5.35. The van der Waals surface area contributed by atoms with Gasteiger partial charge in [-0.05, 0) is 13.3 Å². The number of rotatable bonds is 8. The molecule has 0 saturated carbocycles. The number of ether oxygens (including phenoxy) is 1. The van der Waals surface area contributed by atoms with Gasteiger partial charge in [-0.3, -0.25) is 4.79 Å². The maximum atomic E-state index is 11.5. The summed E-state index contributed by atoms with van der Waals surface area (Å²) in [5.41, 5.74) is 0.890. The predicted octanol–water partition coefficient (Wildman–Crippen LogP) is 2.77. The maximum Gasteiger partial charge on any atom is 0.141 e. The van der Waals surface area contributed by atoms with Crippen LogP contribution in [0.2, 0.25) is 0 Å². The minimum absolute atomic E-state index is 0.210. The van der Waals surface area contributed by atoms with E-state index in [4.69, 9.17) is 4.74 Å². The summed E-state index contributed by atoms with van der Waals surface area (Å²) in [7, 11) is 0. The van der Waals surface area contributed by atoms with Crippen LogP contribution in [0.5, 0.6) is 0 Å². The lowest BCUT2D eigenvalue weighted by Gasteiger charge is -2.01. The molecule has 0 fully saturated rings. The van der Waals surface area contributed by atoms with Gasteiger partial charge in [0, 0.05) is 24.8 Å². The fraction of sp³-hybridized carbons (Fsp3) is 0.667. The van der Waals surface area contributed by atoms with Crippen LogP contribution < -0.4 is 0 Å². The molecule has 0 amide bonds. The minimum Gasteiger partial charge on any atom is -0.381 e. The summed E-state index contributed by atoms with van der Waals surface area (Å²) in [5, 5.41) is 2.97. The van der Waals surface area contributed by atoms with Crippen LogP contribution in [0.1, 0.15) is 36.9 Å². The van der Waals surface area contributed by atoms with Gasteiger partial charge in [0.1, 0.15) is 5.78 Å². The largest absolute Gasteiger partial charge is 0.381 e. The number of ketones is 1. The second-order valence-corrected chi connectivity index (χ2v) is 4.85. The van der Waals surface area contributed by atoms with Gasteiger partial charge in [-0.1, -0.05) is 13.3 Å². The Kier molecular flexibility index (Phi) is 6.26. The quantitative estimate of drug-likeness (QED) is 0.657. The van der Waals surface area contributed by atoms with Crippen LogP contribution in [0.15, 0.2) is 5.38 Å². The average molecular weight is 241 g/mol. The monoisotopic (exact) mass is 241 g/mol. The summed E-state index contributed by atoms with van der Waals surface area (Å²) >= 11 is 1.59. The highest BCUT2D eigenvalue weighted by Crippen LogP contribution is 2.09. The van der Waals surface area contributed by atoms with Gasteiger partial charge in [0.25, 0.3) is 0 Å². The standard InChI is InChI=1S/C12H19NO2S/c1-3-4-6-15-7-5-12(14)8-11-9-16-10(2)13-11/h9H,3-8H2,1-2H3. The molecule has 0 saturated heterocycles. The van der Waals surface area contributed by atoms with E-state index in [0.717, 1.165) is 30.2 Å². The molecule has 1 aromatic heterocycles. The van der Waals surface area contributed by atoms with E-state index in [1.807, 2.05) is 12.3 Å².